The second kappa shape index (κ2) is 5.08. The normalized spacial score (nSPS) is 19.6. The van der Waals surface area contributed by atoms with Gasteiger partial charge in [0.05, 0.1) is 5.69 Å². The van der Waals surface area contributed by atoms with Crippen LogP contribution in [0.1, 0.15) is 39.8 Å². The van der Waals surface area contributed by atoms with Crippen LogP contribution < -0.4 is 0 Å². The third kappa shape index (κ3) is 2.37. The van der Waals surface area contributed by atoms with Crippen LogP contribution in [0.15, 0.2) is 12.3 Å². The van der Waals surface area contributed by atoms with E-state index in [4.69, 9.17) is 0 Å². The summed E-state index contributed by atoms with van der Waals surface area (Å²) in [6.07, 6.45) is 3.86. The van der Waals surface area contributed by atoms with Crippen molar-refractivity contribution in [3.8, 4) is 0 Å². The molecule has 0 radical (unpaired) electrons. The number of hydrogen-bond donors (Lipinski definition) is 1. The molecular weight excluding hydrogens is 262 g/mol. The second-order valence-electron chi connectivity index (χ2n) is 4.79. The van der Waals surface area contributed by atoms with Crippen molar-refractivity contribution >= 4 is 17.4 Å². The summed E-state index contributed by atoms with van der Waals surface area (Å²) in [6, 6.07) is 1.98. The molecule has 1 unspecified atom stereocenters. The zero-order valence-corrected chi connectivity index (χ0v) is 11.5. The number of aromatic nitrogens is 4. The van der Waals surface area contributed by atoms with E-state index in [0.717, 1.165) is 37.3 Å². The third-order valence-electron chi connectivity index (χ3n) is 3.52. The molecular formula is C12H15N5OS. The summed E-state index contributed by atoms with van der Waals surface area (Å²) in [6.45, 7) is 3.37. The van der Waals surface area contributed by atoms with Crippen molar-refractivity contribution in [1.82, 2.24) is 24.7 Å². The number of nitrogens with zero attached hydrogens (tertiary/aromatic N) is 4. The van der Waals surface area contributed by atoms with Crippen LogP contribution in [-0.4, -0.2) is 43.7 Å². The number of aryl methyl sites for hydroxylation is 1. The van der Waals surface area contributed by atoms with Crippen LogP contribution >= 0.6 is 11.5 Å². The van der Waals surface area contributed by atoms with Gasteiger partial charge in [-0.15, -0.1) is 5.10 Å². The Bertz CT molecular complexity index is 564. The Hall–Kier alpha value is -1.76. The van der Waals surface area contributed by atoms with E-state index in [9.17, 15) is 4.79 Å². The predicted molar refractivity (Wildman–Crippen MR) is 71.1 cm³/mol. The summed E-state index contributed by atoms with van der Waals surface area (Å²) in [5, 5.41) is 10.9. The number of likely N-dealkylation sites (tertiary alicyclic amines) is 1. The summed E-state index contributed by atoms with van der Waals surface area (Å²) in [5.74, 6) is 0.401. The topological polar surface area (TPSA) is 74.8 Å². The summed E-state index contributed by atoms with van der Waals surface area (Å²) in [7, 11) is 0. The van der Waals surface area contributed by atoms with E-state index in [1.165, 1.54) is 11.5 Å². The van der Waals surface area contributed by atoms with E-state index in [1.54, 1.807) is 6.20 Å². The van der Waals surface area contributed by atoms with Crippen LogP contribution in [0.5, 0.6) is 0 Å². The highest BCUT2D eigenvalue weighted by Gasteiger charge is 2.28. The number of piperidine rings is 1. The fourth-order valence-corrected chi connectivity index (χ4v) is 3.11. The predicted octanol–water partition coefficient (Wildman–Crippen LogP) is 1.59. The van der Waals surface area contributed by atoms with Gasteiger partial charge in [-0.05, 0) is 37.4 Å². The van der Waals surface area contributed by atoms with Gasteiger partial charge in [0.1, 0.15) is 4.88 Å². The van der Waals surface area contributed by atoms with Gasteiger partial charge >= 0.3 is 0 Å². The van der Waals surface area contributed by atoms with Gasteiger partial charge in [-0.3, -0.25) is 9.89 Å². The number of hydrogen-bond acceptors (Lipinski definition) is 5. The second-order valence-corrected chi connectivity index (χ2v) is 5.54. The van der Waals surface area contributed by atoms with Gasteiger partial charge < -0.3 is 4.90 Å². The van der Waals surface area contributed by atoms with Crippen LogP contribution in [0.4, 0.5) is 0 Å². The number of H-pyrrole nitrogens is 1. The fraction of sp³-hybridized carbons (Fsp3) is 0.500. The lowest BCUT2D eigenvalue weighted by Crippen LogP contribution is -2.39. The summed E-state index contributed by atoms with van der Waals surface area (Å²) in [4.78, 5) is 15.0. The quantitative estimate of drug-likeness (QED) is 0.904. The first-order valence-corrected chi connectivity index (χ1v) is 7.10. The Morgan fingerprint density at radius 2 is 2.47 bits per heavy atom. The SMILES string of the molecule is Cc1nnsc1C(=O)N1CCCC(c2ccn[nH]2)C1. The highest BCUT2D eigenvalue weighted by atomic mass is 32.1. The molecule has 6 nitrogen and oxygen atoms in total. The molecule has 3 rings (SSSR count). The zero-order valence-electron chi connectivity index (χ0n) is 10.7. The van der Waals surface area contributed by atoms with Gasteiger partial charge in [0.15, 0.2) is 0 Å². The third-order valence-corrected chi connectivity index (χ3v) is 4.33. The first-order chi connectivity index (χ1) is 9.25. The van der Waals surface area contributed by atoms with Crippen molar-refractivity contribution in [3.05, 3.63) is 28.5 Å². The summed E-state index contributed by atoms with van der Waals surface area (Å²) < 4.78 is 3.83. The lowest BCUT2D eigenvalue weighted by molar-refractivity contribution is 0.0710. The Morgan fingerprint density at radius 3 is 3.16 bits per heavy atom. The van der Waals surface area contributed by atoms with Gasteiger partial charge in [-0.25, -0.2) is 0 Å². The highest BCUT2D eigenvalue weighted by molar-refractivity contribution is 7.07. The number of carbonyl (C=O) groups is 1. The van der Waals surface area contributed by atoms with Crippen molar-refractivity contribution in [2.45, 2.75) is 25.7 Å². The van der Waals surface area contributed by atoms with Crippen molar-refractivity contribution in [2.75, 3.05) is 13.1 Å². The van der Waals surface area contributed by atoms with Gasteiger partial charge in [-0.1, -0.05) is 4.49 Å². The molecule has 0 aromatic carbocycles. The minimum atomic E-state index is 0.0525. The standard InChI is InChI=1S/C12H15N5OS/c1-8-11(19-16-14-8)12(18)17-6-2-3-9(7-17)10-4-5-13-15-10/h4-5,9H,2-3,6-7H2,1H3,(H,13,15). The lowest BCUT2D eigenvalue weighted by atomic mass is 9.95. The van der Waals surface area contributed by atoms with E-state index in [2.05, 4.69) is 19.8 Å². The molecule has 100 valence electrons. The van der Waals surface area contributed by atoms with Gasteiger partial charge in [0.25, 0.3) is 5.91 Å². The molecule has 1 amide bonds. The molecule has 1 atom stereocenters. The van der Waals surface area contributed by atoms with Crippen LogP contribution in [0.2, 0.25) is 0 Å². The fourth-order valence-electron chi connectivity index (χ4n) is 2.48. The molecule has 2 aromatic heterocycles. The molecule has 2 aromatic rings. The monoisotopic (exact) mass is 277 g/mol. The summed E-state index contributed by atoms with van der Waals surface area (Å²) in [5.41, 5.74) is 1.83. The van der Waals surface area contributed by atoms with E-state index in [0.29, 0.717) is 10.8 Å². The molecule has 3 heterocycles. The first-order valence-electron chi connectivity index (χ1n) is 6.33. The van der Waals surface area contributed by atoms with Crippen LogP contribution in [-0.2, 0) is 0 Å². The van der Waals surface area contributed by atoms with E-state index in [-0.39, 0.29) is 5.91 Å². The van der Waals surface area contributed by atoms with E-state index in [1.807, 2.05) is 17.9 Å². The van der Waals surface area contributed by atoms with Crippen molar-refractivity contribution in [2.24, 2.45) is 0 Å². The smallest absolute Gasteiger partial charge is 0.267 e. The molecule has 0 aliphatic carbocycles. The molecule has 1 aliphatic rings. The number of aromatic amines is 1. The van der Waals surface area contributed by atoms with Crippen LogP contribution in [0, 0.1) is 6.92 Å². The first kappa shape index (κ1) is 12.3. The maximum absolute atomic E-state index is 12.4. The molecule has 1 aliphatic heterocycles. The molecule has 1 N–H and O–H groups in total. The van der Waals surface area contributed by atoms with Crippen molar-refractivity contribution in [1.29, 1.82) is 0 Å². The average molecular weight is 277 g/mol. The molecule has 0 spiro atoms. The maximum atomic E-state index is 12.4. The maximum Gasteiger partial charge on any atom is 0.267 e. The Morgan fingerprint density at radius 1 is 1.58 bits per heavy atom. The summed E-state index contributed by atoms with van der Waals surface area (Å²) >= 11 is 1.18. The number of carbonyl (C=O) groups excluding carboxylic acids is 1. The Labute approximate surface area is 115 Å². The van der Waals surface area contributed by atoms with Crippen LogP contribution in [0.3, 0.4) is 0 Å². The largest absolute Gasteiger partial charge is 0.337 e. The molecule has 0 bridgehead atoms. The highest BCUT2D eigenvalue weighted by Crippen LogP contribution is 2.26. The van der Waals surface area contributed by atoms with E-state index >= 15 is 0 Å². The minimum absolute atomic E-state index is 0.0525. The van der Waals surface area contributed by atoms with E-state index < -0.39 is 0 Å². The molecule has 7 heteroatoms. The number of nitrogens with one attached hydrogen (secondary N) is 1. The number of amides is 1. The van der Waals surface area contributed by atoms with Crippen molar-refractivity contribution < 1.29 is 4.79 Å². The average Bonchev–Trinajstić information content (AvgIpc) is 3.09. The van der Waals surface area contributed by atoms with Crippen LogP contribution in [0.25, 0.3) is 0 Å². The molecule has 1 fully saturated rings. The Balaban J connectivity index is 1.75. The zero-order chi connectivity index (χ0) is 13.2. The molecule has 0 saturated carbocycles. The molecule has 19 heavy (non-hydrogen) atoms. The molecule has 1 saturated heterocycles. The Kier molecular flexibility index (Phi) is 3.29. The van der Waals surface area contributed by atoms with Gasteiger partial charge in [-0.2, -0.15) is 5.10 Å². The number of rotatable bonds is 2. The van der Waals surface area contributed by atoms with Gasteiger partial charge in [0.2, 0.25) is 0 Å². The van der Waals surface area contributed by atoms with Gasteiger partial charge in [0, 0.05) is 30.9 Å². The minimum Gasteiger partial charge on any atom is -0.337 e. The van der Waals surface area contributed by atoms with Crippen molar-refractivity contribution in [3.63, 3.8) is 0 Å². The lowest BCUT2D eigenvalue weighted by Gasteiger charge is -2.31.